The van der Waals surface area contributed by atoms with Gasteiger partial charge in [0.2, 0.25) is 0 Å². The number of halogens is 5. The first kappa shape index (κ1) is 36.2. The van der Waals surface area contributed by atoms with E-state index in [1.165, 1.54) is 36.6 Å². The van der Waals surface area contributed by atoms with Crippen molar-refractivity contribution in [3.8, 4) is 5.75 Å². The number of alkyl halides is 3. The Morgan fingerprint density at radius 1 is 1.10 bits per heavy atom. The van der Waals surface area contributed by atoms with Crippen molar-refractivity contribution in [2.45, 2.75) is 82.8 Å². The molecule has 236 valence electrons. The van der Waals surface area contributed by atoms with Crippen LogP contribution in [0.5, 0.6) is 5.75 Å². The average molecular weight is 654 g/mol. The van der Waals surface area contributed by atoms with Crippen LogP contribution in [0.2, 0.25) is 5.02 Å². The van der Waals surface area contributed by atoms with Gasteiger partial charge in [-0.3, -0.25) is 4.79 Å². The SMILES string of the molecule is CC.CCC.CCCN(C)Sc1ccc(OS(=O)C(F)(F)F)c(N2C3CCC2CN(C(=O)c2ccc(F)cc2Cl)C3)c1. The molecule has 2 aliphatic heterocycles. The summed E-state index contributed by atoms with van der Waals surface area (Å²) in [5, 5.41) is 0.0195. The Balaban J connectivity index is 0.00000116. The fraction of sp³-hybridized carbons (Fsp3) is 0.552. The van der Waals surface area contributed by atoms with E-state index in [-0.39, 0.29) is 34.3 Å². The van der Waals surface area contributed by atoms with Crippen molar-refractivity contribution in [1.82, 2.24) is 9.21 Å². The summed E-state index contributed by atoms with van der Waals surface area (Å²) in [5.74, 6) is -1.00. The molecule has 2 bridgehead atoms. The van der Waals surface area contributed by atoms with Gasteiger partial charge in [0.15, 0.2) is 5.75 Å². The summed E-state index contributed by atoms with van der Waals surface area (Å²) in [4.78, 5) is 17.6. The van der Waals surface area contributed by atoms with Gasteiger partial charge in [0, 0.05) is 36.6 Å². The zero-order valence-electron chi connectivity index (χ0n) is 24.8. The third-order valence-corrected chi connectivity index (χ3v) is 8.27. The van der Waals surface area contributed by atoms with E-state index in [9.17, 15) is 26.6 Å². The lowest BCUT2D eigenvalue weighted by molar-refractivity contribution is -0.0437. The molecule has 0 radical (unpaired) electrons. The van der Waals surface area contributed by atoms with Gasteiger partial charge < -0.3 is 14.0 Å². The largest absolute Gasteiger partial charge is 0.508 e. The van der Waals surface area contributed by atoms with Gasteiger partial charge in [0.1, 0.15) is 5.82 Å². The van der Waals surface area contributed by atoms with E-state index in [1.54, 1.807) is 17.0 Å². The van der Waals surface area contributed by atoms with Gasteiger partial charge in [0.05, 0.1) is 16.3 Å². The average Bonchev–Trinajstić information content (AvgIpc) is 3.18. The third-order valence-electron chi connectivity index (χ3n) is 6.29. The molecule has 2 aromatic carbocycles. The van der Waals surface area contributed by atoms with Crippen molar-refractivity contribution in [3.63, 3.8) is 0 Å². The molecule has 2 aromatic rings. The highest BCUT2D eigenvalue weighted by Crippen LogP contribution is 2.43. The summed E-state index contributed by atoms with van der Waals surface area (Å²) >= 11 is 4.03. The Morgan fingerprint density at radius 3 is 2.21 bits per heavy atom. The summed E-state index contributed by atoms with van der Waals surface area (Å²) in [5.41, 5.74) is -4.42. The van der Waals surface area contributed by atoms with Crippen LogP contribution in [0, 0.1) is 5.82 Å². The monoisotopic (exact) mass is 653 g/mol. The van der Waals surface area contributed by atoms with Crippen molar-refractivity contribution in [2.75, 3.05) is 31.6 Å². The maximum atomic E-state index is 13.5. The van der Waals surface area contributed by atoms with Gasteiger partial charge in [-0.2, -0.15) is 13.2 Å². The number of anilines is 1. The van der Waals surface area contributed by atoms with Crippen LogP contribution < -0.4 is 9.08 Å². The molecule has 0 aliphatic carbocycles. The number of hydrogen-bond donors (Lipinski definition) is 0. The molecule has 13 heteroatoms. The lowest BCUT2D eigenvalue weighted by Gasteiger charge is -2.43. The smallest absolute Gasteiger partial charge is 0.392 e. The van der Waals surface area contributed by atoms with E-state index in [4.69, 9.17) is 15.8 Å². The molecule has 3 unspecified atom stereocenters. The van der Waals surface area contributed by atoms with E-state index in [1.807, 2.05) is 37.0 Å². The number of benzene rings is 2. The van der Waals surface area contributed by atoms with Gasteiger partial charge in [0.25, 0.3) is 5.91 Å². The molecule has 2 heterocycles. The first-order chi connectivity index (χ1) is 19.9. The zero-order valence-corrected chi connectivity index (χ0v) is 27.2. The van der Waals surface area contributed by atoms with Crippen LogP contribution in [0.4, 0.5) is 23.2 Å². The minimum Gasteiger partial charge on any atom is -0.392 e. The van der Waals surface area contributed by atoms with Crippen molar-refractivity contribution in [2.24, 2.45) is 0 Å². The maximum Gasteiger partial charge on any atom is 0.508 e. The molecule has 0 N–H and O–H groups in total. The molecule has 0 aromatic heterocycles. The highest BCUT2D eigenvalue weighted by atomic mass is 35.5. The van der Waals surface area contributed by atoms with Crippen molar-refractivity contribution >= 4 is 46.2 Å². The second-order valence-electron chi connectivity index (χ2n) is 9.67. The summed E-state index contributed by atoms with van der Waals surface area (Å²) in [6.45, 7) is 11.7. The topological polar surface area (TPSA) is 53.1 Å². The lowest BCUT2D eigenvalue weighted by atomic mass is 10.1. The van der Waals surface area contributed by atoms with E-state index in [0.717, 1.165) is 23.9 Å². The minimum atomic E-state index is -5.02. The Morgan fingerprint density at radius 2 is 1.69 bits per heavy atom. The quantitative estimate of drug-likeness (QED) is 0.211. The maximum absolute atomic E-state index is 13.5. The summed E-state index contributed by atoms with van der Waals surface area (Å²) < 4.78 is 71.3. The third kappa shape index (κ3) is 9.49. The van der Waals surface area contributed by atoms with E-state index >= 15 is 0 Å². The minimum absolute atomic E-state index is 0.0195. The second kappa shape index (κ2) is 16.7. The van der Waals surface area contributed by atoms with Crippen LogP contribution in [0.1, 0.15) is 70.7 Å². The number of carbonyl (C=O) groups excluding carboxylic acids is 1. The van der Waals surface area contributed by atoms with Gasteiger partial charge in [-0.1, -0.05) is 52.6 Å². The first-order valence-electron chi connectivity index (χ1n) is 14.1. The Labute approximate surface area is 258 Å². The summed E-state index contributed by atoms with van der Waals surface area (Å²) in [6, 6.07) is 8.02. The summed E-state index contributed by atoms with van der Waals surface area (Å²) in [7, 11) is 1.92. The molecule has 2 fully saturated rings. The number of fused-ring (bicyclic) bond motifs is 2. The van der Waals surface area contributed by atoms with Crippen molar-refractivity contribution in [1.29, 1.82) is 0 Å². The van der Waals surface area contributed by atoms with E-state index in [2.05, 4.69) is 13.8 Å². The van der Waals surface area contributed by atoms with E-state index < -0.39 is 22.4 Å². The van der Waals surface area contributed by atoms with Crippen LogP contribution in [0.15, 0.2) is 41.3 Å². The predicted molar refractivity (Wildman–Crippen MR) is 164 cm³/mol. The Kier molecular flexibility index (Phi) is 14.4. The molecule has 42 heavy (non-hydrogen) atoms. The standard InChI is InChI=1S/C24H26ClF4N3O3S2.C3H8.C2H6/c1-3-10-30(2)36-18-7-9-22(35-37(34)24(27,28)29)21(12-18)32-16-5-6-17(32)14-31(13-16)23(33)19-8-4-15(26)11-20(19)25;1-3-2;1-2/h4,7-9,11-12,16-17H,3,5-6,10,13-14H2,1-2H3;3H2,1-2H3;1-2H3. The van der Waals surface area contributed by atoms with Crippen LogP contribution in [-0.4, -0.2) is 63.6 Å². The first-order valence-corrected chi connectivity index (χ1v) is 16.3. The zero-order chi connectivity index (χ0) is 31.6. The molecule has 0 saturated carbocycles. The normalized spacial score (nSPS) is 18.6. The molecule has 1 amide bonds. The molecule has 2 aliphatic rings. The molecule has 6 nitrogen and oxygen atoms in total. The van der Waals surface area contributed by atoms with Crippen LogP contribution in [-0.2, 0) is 11.1 Å². The van der Waals surface area contributed by atoms with Gasteiger partial charge >= 0.3 is 16.6 Å². The molecular formula is C29H40ClF4N3O3S2. The van der Waals surface area contributed by atoms with Gasteiger partial charge in [-0.15, -0.1) is 0 Å². The Bertz CT molecular complexity index is 1190. The fourth-order valence-electron chi connectivity index (χ4n) is 4.79. The number of nitrogens with zero attached hydrogens (tertiary/aromatic N) is 3. The highest BCUT2D eigenvalue weighted by molar-refractivity contribution is 7.97. The van der Waals surface area contributed by atoms with Crippen LogP contribution in [0.25, 0.3) is 0 Å². The van der Waals surface area contributed by atoms with E-state index in [0.29, 0.717) is 31.6 Å². The van der Waals surface area contributed by atoms with Gasteiger partial charge in [-0.25, -0.2) is 12.9 Å². The summed E-state index contributed by atoms with van der Waals surface area (Å²) in [6.07, 6.45) is 3.60. The predicted octanol–water partition coefficient (Wildman–Crippen LogP) is 8.33. The number of amides is 1. The Hall–Kier alpha value is -2.02. The highest BCUT2D eigenvalue weighted by Gasteiger charge is 2.44. The number of rotatable bonds is 8. The molecule has 3 atom stereocenters. The fourth-order valence-corrected chi connectivity index (χ4v) is 6.36. The molecule has 0 spiro atoms. The van der Waals surface area contributed by atoms with Crippen LogP contribution >= 0.6 is 23.5 Å². The second-order valence-corrected chi connectivity index (χ2v) is 12.5. The van der Waals surface area contributed by atoms with Crippen molar-refractivity contribution in [3.05, 3.63) is 52.8 Å². The number of hydrogen-bond acceptors (Lipinski definition) is 6. The molecule has 2 saturated heterocycles. The van der Waals surface area contributed by atoms with Crippen molar-refractivity contribution < 1.29 is 30.7 Å². The molecule has 4 rings (SSSR count). The van der Waals surface area contributed by atoms with Crippen LogP contribution in [0.3, 0.4) is 0 Å². The number of likely N-dealkylation sites (tertiary alicyclic amines) is 1. The lowest BCUT2D eigenvalue weighted by Crippen LogP contribution is -2.55. The number of piperazine rings is 1. The van der Waals surface area contributed by atoms with Gasteiger partial charge in [-0.05, 0) is 74.7 Å². The molecular weight excluding hydrogens is 614 g/mol. The number of carbonyl (C=O) groups is 1.